The van der Waals surface area contributed by atoms with E-state index in [9.17, 15) is 5.11 Å². The lowest BCUT2D eigenvalue weighted by molar-refractivity contribution is 0.175. The fourth-order valence-corrected chi connectivity index (χ4v) is 3.48. The van der Waals surface area contributed by atoms with Gasteiger partial charge in [-0.05, 0) is 46.5 Å². The van der Waals surface area contributed by atoms with Crippen LogP contribution in [0.3, 0.4) is 0 Å². The Morgan fingerprint density at radius 1 is 1.35 bits per heavy atom. The van der Waals surface area contributed by atoms with Crippen molar-refractivity contribution in [2.75, 3.05) is 0 Å². The van der Waals surface area contributed by atoms with E-state index in [2.05, 4.69) is 43.9 Å². The number of halogens is 2. The Kier molecular flexibility index (Phi) is 5.04. The molecule has 0 radical (unpaired) electrons. The molecule has 1 aromatic heterocycles. The number of aromatic nitrogens is 2. The Labute approximate surface area is 136 Å². The van der Waals surface area contributed by atoms with Gasteiger partial charge in [0.1, 0.15) is 0 Å². The van der Waals surface area contributed by atoms with Crippen molar-refractivity contribution >= 4 is 31.9 Å². The van der Waals surface area contributed by atoms with E-state index in [0.29, 0.717) is 6.42 Å². The number of aliphatic hydroxyl groups is 1. The molecule has 0 amide bonds. The Morgan fingerprint density at radius 3 is 2.65 bits per heavy atom. The van der Waals surface area contributed by atoms with Crippen LogP contribution in [0.1, 0.15) is 35.5 Å². The summed E-state index contributed by atoms with van der Waals surface area (Å²) in [4.78, 5) is 0. The van der Waals surface area contributed by atoms with Crippen LogP contribution in [0.25, 0.3) is 0 Å². The summed E-state index contributed by atoms with van der Waals surface area (Å²) in [6.45, 7) is 4.09. The third-order valence-corrected chi connectivity index (χ3v) is 5.33. The summed E-state index contributed by atoms with van der Waals surface area (Å²) in [5, 5.41) is 15.0. The van der Waals surface area contributed by atoms with Gasteiger partial charge in [-0.3, -0.25) is 4.68 Å². The lowest BCUT2D eigenvalue weighted by Gasteiger charge is -2.15. The molecule has 0 aliphatic heterocycles. The van der Waals surface area contributed by atoms with E-state index in [4.69, 9.17) is 0 Å². The minimum absolute atomic E-state index is 0.538. The average molecular weight is 402 g/mol. The van der Waals surface area contributed by atoms with Crippen molar-refractivity contribution in [2.45, 2.75) is 32.8 Å². The van der Waals surface area contributed by atoms with Gasteiger partial charge in [-0.25, -0.2) is 0 Å². The van der Waals surface area contributed by atoms with Gasteiger partial charge >= 0.3 is 0 Å². The van der Waals surface area contributed by atoms with Crippen LogP contribution in [0.5, 0.6) is 0 Å². The number of hydrogen-bond acceptors (Lipinski definition) is 2. The Bertz CT molecular complexity index is 623. The van der Waals surface area contributed by atoms with Gasteiger partial charge in [0.2, 0.25) is 0 Å². The van der Waals surface area contributed by atoms with Crippen molar-refractivity contribution in [3.8, 4) is 0 Å². The summed E-state index contributed by atoms with van der Waals surface area (Å²) in [6.07, 6.45) is 0.880. The van der Waals surface area contributed by atoms with E-state index >= 15 is 0 Å². The van der Waals surface area contributed by atoms with Crippen LogP contribution >= 0.6 is 31.9 Å². The largest absolute Gasteiger partial charge is 0.388 e. The fraction of sp³-hybridized carbons (Fsp3) is 0.400. The van der Waals surface area contributed by atoms with Gasteiger partial charge in [0.25, 0.3) is 0 Å². The van der Waals surface area contributed by atoms with Crippen LogP contribution < -0.4 is 0 Å². The summed E-state index contributed by atoms with van der Waals surface area (Å²) < 4.78 is 3.88. The molecule has 0 spiro atoms. The molecule has 108 valence electrons. The molecule has 0 bridgehead atoms. The maximum atomic E-state index is 10.5. The van der Waals surface area contributed by atoms with Gasteiger partial charge in [0, 0.05) is 17.9 Å². The molecule has 2 rings (SSSR count). The summed E-state index contributed by atoms with van der Waals surface area (Å²) in [6, 6.07) is 5.90. The highest BCUT2D eigenvalue weighted by atomic mass is 79.9. The zero-order valence-corrected chi connectivity index (χ0v) is 15.0. The molecule has 1 aromatic carbocycles. The standard InChI is InChI=1S/C15H18Br2N2O/c1-4-12-15(17)13(19(3)18-12)8-14(20)10-6-5-7-11(16)9(10)2/h5-7,14,20H,4,8H2,1-3H3. The second kappa shape index (κ2) is 6.41. The first kappa shape index (κ1) is 15.7. The van der Waals surface area contributed by atoms with Crippen LogP contribution in [0.2, 0.25) is 0 Å². The predicted octanol–water partition coefficient (Wildman–Crippen LogP) is 4.09. The first-order chi connectivity index (χ1) is 9.45. The zero-order chi connectivity index (χ0) is 14.9. The molecule has 0 saturated heterocycles. The third-order valence-electron chi connectivity index (χ3n) is 3.56. The number of nitrogens with zero attached hydrogens (tertiary/aromatic N) is 2. The summed E-state index contributed by atoms with van der Waals surface area (Å²) in [5.74, 6) is 0. The van der Waals surface area contributed by atoms with Gasteiger partial charge in [0.15, 0.2) is 0 Å². The van der Waals surface area contributed by atoms with Crippen molar-refractivity contribution in [1.82, 2.24) is 9.78 Å². The molecule has 0 aliphatic carbocycles. The zero-order valence-electron chi connectivity index (χ0n) is 11.8. The van der Waals surface area contributed by atoms with E-state index < -0.39 is 6.10 Å². The van der Waals surface area contributed by atoms with Crippen molar-refractivity contribution in [2.24, 2.45) is 7.05 Å². The number of benzene rings is 1. The molecule has 5 heteroatoms. The summed E-state index contributed by atoms with van der Waals surface area (Å²) in [7, 11) is 1.92. The second-order valence-electron chi connectivity index (χ2n) is 4.86. The van der Waals surface area contributed by atoms with Gasteiger partial charge in [-0.15, -0.1) is 0 Å². The average Bonchev–Trinajstić information content (AvgIpc) is 2.69. The van der Waals surface area contributed by atoms with E-state index in [1.165, 1.54) is 0 Å². The van der Waals surface area contributed by atoms with Crippen molar-refractivity contribution in [1.29, 1.82) is 0 Å². The van der Waals surface area contributed by atoms with Gasteiger partial charge < -0.3 is 5.11 Å². The maximum absolute atomic E-state index is 10.5. The first-order valence-corrected chi connectivity index (χ1v) is 8.17. The molecule has 1 unspecified atom stereocenters. The lowest BCUT2D eigenvalue weighted by Crippen LogP contribution is -2.08. The normalized spacial score (nSPS) is 12.7. The molecule has 0 fully saturated rings. The van der Waals surface area contributed by atoms with E-state index in [0.717, 1.165) is 37.9 Å². The van der Waals surface area contributed by atoms with E-state index in [1.807, 2.05) is 36.9 Å². The molecule has 1 N–H and O–H groups in total. The minimum atomic E-state index is -0.538. The lowest BCUT2D eigenvalue weighted by atomic mass is 10.00. The van der Waals surface area contributed by atoms with Crippen LogP contribution in [0.4, 0.5) is 0 Å². The molecule has 2 aromatic rings. The molecule has 1 heterocycles. The van der Waals surface area contributed by atoms with E-state index in [-0.39, 0.29) is 0 Å². The van der Waals surface area contributed by atoms with Crippen LogP contribution in [0, 0.1) is 6.92 Å². The molecule has 20 heavy (non-hydrogen) atoms. The highest BCUT2D eigenvalue weighted by Crippen LogP contribution is 2.30. The molecule has 3 nitrogen and oxygen atoms in total. The van der Waals surface area contributed by atoms with Crippen LogP contribution in [-0.4, -0.2) is 14.9 Å². The van der Waals surface area contributed by atoms with Gasteiger partial charge in [-0.1, -0.05) is 35.0 Å². The van der Waals surface area contributed by atoms with Gasteiger partial charge in [0.05, 0.1) is 22.0 Å². The number of rotatable bonds is 4. The van der Waals surface area contributed by atoms with Crippen molar-refractivity contribution < 1.29 is 5.11 Å². The first-order valence-electron chi connectivity index (χ1n) is 6.59. The molecular formula is C15H18Br2N2O. The quantitative estimate of drug-likeness (QED) is 0.837. The number of aryl methyl sites for hydroxylation is 2. The highest BCUT2D eigenvalue weighted by molar-refractivity contribution is 9.10. The SMILES string of the molecule is CCc1nn(C)c(CC(O)c2cccc(Br)c2C)c1Br. The molecule has 0 aliphatic rings. The molecular weight excluding hydrogens is 384 g/mol. The van der Waals surface area contributed by atoms with Crippen LogP contribution in [0.15, 0.2) is 27.1 Å². The topological polar surface area (TPSA) is 38.0 Å². The Balaban J connectivity index is 2.30. The van der Waals surface area contributed by atoms with Crippen molar-refractivity contribution in [3.05, 3.63) is 49.7 Å². The van der Waals surface area contributed by atoms with Gasteiger partial charge in [-0.2, -0.15) is 5.10 Å². The van der Waals surface area contributed by atoms with Crippen molar-refractivity contribution in [3.63, 3.8) is 0 Å². The van der Waals surface area contributed by atoms with Crippen LogP contribution in [-0.2, 0) is 19.9 Å². The summed E-state index contributed by atoms with van der Waals surface area (Å²) >= 11 is 7.10. The fourth-order valence-electron chi connectivity index (χ4n) is 2.32. The second-order valence-corrected chi connectivity index (χ2v) is 6.51. The maximum Gasteiger partial charge on any atom is 0.0848 e. The molecule has 1 atom stereocenters. The Morgan fingerprint density at radius 2 is 2.05 bits per heavy atom. The Hall–Kier alpha value is -0.650. The molecule has 0 saturated carbocycles. The van der Waals surface area contributed by atoms with E-state index in [1.54, 1.807) is 0 Å². The predicted molar refractivity (Wildman–Crippen MR) is 87.8 cm³/mol. The minimum Gasteiger partial charge on any atom is -0.388 e. The smallest absolute Gasteiger partial charge is 0.0848 e. The third kappa shape index (κ3) is 3.00. The number of aliphatic hydroxyl groups excluding tert-OH is 1. The number of hydrogen-bond donors (Lipinski definition) is 1. The highest BCUT2D eigenvalue weighted by Gasteiger charge is 2.19. The summed E-state index contributed by atoms with van der Waals surface area (Å²) in [5.41, 5.74) is 4.08. The monoisotopic (exact) mass is 400 g/mol.